The number of ether oxygens (including phenoxy) is 1. The lowest BCUT2D eigenvalue weighted by molar-refractivity contribution is 0.0950. The standard InChI is InChI=1S/C18H18N2O2/c1-3-13-7-8-17(22-2)16(9-13)12-20-18(21)15-6-4-5-14(10-15)11-19/h4-10H,3,12H2,1-2H3,(H,20,21). The molecule has 4 nitrogen and oxygen atoms in total. The van der Waals surface area contributed by atoms with Crippen LogP contribution in [0.2, 0.25) is 0 Å². The highest BCUT2D eigenvalue weighted by Gasteiger charge is 2.09. The minimum absolute atomic E-state index is 0.207. The average Bonchev–Trinajstić information content (AvgIpc) is 2.59. The van der Waals surface area contributed by atoms with Crippen molar-refractivity contribution in [1.29, 1.82) is 5.26 Å². The van der Waals surface area contributed by atoms with Crippen LogP contribution in [0.4, 0.5) is 0 Å². The van der Waals surface area contributed by atoms with Crippen LogP contribution in [0.15, 0.2) is 42.5 Å². The number of carbonyl (C=O) groups excluding carboxylic acids is 1. The summed E-state index contributed by atoms with van der Waals surface area (Å²) >= 11 is 0. The lowest BCUT2D eigenvalue weighted by Crippen LogP contribution is -2.23. The molecule has 2 aromatic rings. The van der Waals surface area contributed by atoms with E-state index in [1.807, 2.05) is 24.3 Å². The van der Waals surface area contributed by atoms with Crippen LogP contribution in [-0.2, 0) is 13.0 Å². The minimum atomic E-state index is -0.207. The first-order valence-corrected chi connectivity index (χ1v) is 7.12. The van der Waals surface area contributed by atoms with Crippen molar-refractivity contribution in [2.24, 2.45) is 0 Å². The van der Waals surface area contributed by atoms with Gasteiger partial charge in [0.1, 0.15) is 5.75 Å². The Morgan fingerprint density at radius 1 is 1.27 bits per heavy atom. The first-order valence-electron chi connectivity index (χ1n) is 7.12. The van der Waals surface area contributed by atoms with Gasteiger partial charge in [0.15, 0.2) is 0 Å². The summed E-state index contributed by atoms with van der Waals surface area (Å²) in [4.78, 5) is 12.2. The summed E-state index contributed by atoms with van der Waals surface area (Å²) in [6, 6.07) is 14.6. The Balaban J connectivity index is 2.12. The van der Waals surface area contributed by atoms with Gasteiger partial charge in [0.2, 0.25) is 0 Å². The van der Waals surface area contributed by atoms with E-state index in [2.05, 4.69) is 12.2 Å². The molecule has 0 fully saturated rings. The minimum Gasteiger partial charge on any atom is -0.496 e. The molecule has 1 N–H and O–H groups in total. The lowest BCUT2D eigenvalue weighted by Gasteiger charge is -2.11. The quantitative estimate of drug-likeness (QED) is 0.922. The maximum absolute atomic E-state index is 12.2. The Hall–Kier alpha value is -2.80. The van der Waals surface area contributed by atoms with Crippen LogP contribution in [0.3, 0.4) is 0 Å². The van der Waals surface area contributed by atoms with Gasteiger partial charge in [-0.1, -0.05) is 25.1 Å². The summed E-state index contributed by atoms with van der Waals surface area (Å²) < 4.78 is 5.32. The van der Waals surface area contributed by atoms with Crippen molar-refractivity contribution in [1.82, 2.24) is 5.32 Å². The van der Waals surface area contributed by atoms with Crippen molar-refractivity contribution < 1.29 is 9.53 Å². The highest BCUT2D eigenvalue weighted by Crippen LogP contribution is 2.20. The molecule has 0 unspecified atom stereocenters. The van der Waals surface area contributed by atoms with E-state index in [4.69, 9.17) is 10.00 Å². The van der Waals surface area contributed by atoms with Crippen LogP contribution in [0, 0.1) is 11.3 Å². The zero-order valence-corrected chi connectivity index (χ0v) is 12.7. The van der Waals surface area contributed by atoms with E-state index in [0.29, 0.717) is 17.7 Å². The van der Waals surface area contributed by atoms with Gasteiger partial charge >= 0.3 is 0 Å². The van der Waals surface area contributed by atoms with Crippen molar-refractivity contribution in [3.05, 3.63) is 64.7 Å². The van der Waals surface area contributed by atoms with Crippen molar-refractivity contribution in [3.63, 3.8) is 0 Å². The predicted octanol–water partition coefficient (Wildman–Crippen LogP) is 3.06. The molecule has 0 aliphatic rings. The summed E-state index contributed by atoms with van der Waals surface area (Å²) in [5.74, 6) is 0.546. The fraction of sp³-hybridized carbons (Fsp3) is 0.222. The predicted molar refractivity (Wildman–Crippen MR) is 84.7 cm³/mol. The molecule has 2 rings (SSSR count). The van der Waals surface area contributed by atoms with Crippen LogP contribution < -0.4 is 10.1 Å². The van der Waals surface area contributed by atoms with Crippen LogP contribution >= 0.6 is 0 Å². The zero-order chi connectivity index (χ0) is 15.9. The van der Waals surface area contributed by atoms with Gasteiger partial charge in [-0.2, -0.15) is 5.26 Å². The van der Waals surface area contributed by atoms with Gasteiger partial charge in [-0.3, -0.25) is 4.79 Å². The van der Waals surface area contributed by atoms with Crippen LogP contribution in [0.5, 0.6) is 5.75 Å². The van der Waals surface area contributed by atoms with Crippen molar-refractivity contribution >= 4 is 5.91 Å². The van der Waals surface area contributed by atoms with E-state index in [1.54, 1.807) is 31.4 Å². The van der Waals surface area contributed by atoms with Gasteiger partial charge < -0.3 is 10.1 Å². The third-order valence-electron chi connectivity index (χ3n) is 3.45. The van der Waals surface area contributed by atoms with Crippen molar-refractivity contribution in [3.8, 4) is 11.8 Å². The molecular weight excluding hydrogens is 276 g/mol. The molecule has 0 spiro atoms. The number of amides is 1. The molecule has 0 radical (unpaired) electrons. The van der Waals surface area contributed by atoms with Crippen molar-refractivity contribution in [2.75, 3.05) is 7.11 Å². The second-order valence-corrected chi connectivity index (χ2v) is 4.88. The number of nitriles is 1. The third-order valence-corrected chi connectivity index (χ3v) is 3.45. The molecule has 22 heavy (non-hydrogen) atoms. The van der Waals surface area contributed by atoms with Gasteiger partial charge in [0.25, 0.3) is 5.91 Å². The number of hydrogen-bond acceptors (Lipinski definition) is 3. The fourth-order valence-corrected chi connectivity index (χ4v) is 2.20. The van der Waals surface area contributed by atoms with E-state index in [1.165, 1.54) is 5.56 Å². The normalized spacial score (nSPS) is 9.86. The molecule has 0 atom stereocenters. The number of nitrogens with zero attached hydrogens (tertiary/aromatic N) is 1. The van der Waals surface area contributed by atoms with E-state index in [-0.39, 0.29) is 5.91 Å². The van der Waals surface area contributed by atoms with Crippen molar-refractivity contribution in [2.45, 2.75) is 19.9 Å². The smallest absolute Gasteiger partial charge is 0.251 e. The number of methoxy groups -OCH3 is 1. The molecule has 0 aliphatic heterocycles. The summed E-state index contributed by atoms with van der Waals surface area (Å²) in [6.07, 6.45) is 0.926. The highest BCUT2D eigenvalue weighted by molar-refractivity contribution is 5.94. The lowest BCUT2D eigenvalue weighted by atomic mass is 10.1. The van der Waals surface area contributed by atoms with E-state index in [9.17, 15) is 4.79 Å². The highest BCUT2D eigenvalue weighted by atomic mass is 16.5. The Morgan fingerprint density at radius 2 is 2.09 bits per heavy atom. The molecule has 0 aromatic heterocycles. The molecule has 112 valence electrons. The number of nitrogens with one attached hydrogen (secondary N) is 1. The average molecular weight is 294 g/mol. The zero-order valence-electron chi connectivity index (χ0n) is 12.7. The van der Waals surface area contributed by atoms with Gasteiger partial charge in [0.05, 0.1) is 18.7 Å². The van der Waals surface area contributed by atoms with Gasteiger partial charge in [-0.25, -0.2) is 0 Å². The number of benzene rings is 2. The van der Waals surface area contributed by atoms with E-state index in [0.717, 1.165) is 17.7 Å². The second kappa shape index (κ2) is 7.28. The first-order chi connectivity index (χ1) is 10.7. The van der Waals surface area contributed by atoms with Crippen LogP contribution in [0.1, 0.15) is 34.0 Å². The fourth-order valence-electron chi connectivity index (χ4n) is 2.20. The van der Waals surface area contributed by atoms with Gasteiger partial charge in [-0.15, -0.1) is 0 Å². The molecule has 0 saturated carbocycles. The van der Waals surface area contributed by atoms with Gasteiger partial charge in [0, 0.05) is 17.7 Å². The first kappa shape index (κ1) is 15.6. The largest absolute Gasteiger partial charge is 0.496 e. The Kier molecular flexibility index (Phi) is 5.16. The summed E-state index contributed by atoms with van der Waals surface area (Å²) in [7, 11) is 1.61. The summed E-state index contributed by atoms with van der Waals surface area (Å²) in [6.45, 7) is 2.46. The van der Waals surface area contributed by atoms with Gasteiger partial charge in [-0.05, 0) is 36.2 Å². The monoisotopic (exact) mass is 294 g/mol. The number of carbonyl (C=O) groups is 1. The molecule has 1 amide bonds. The molecule has 0 heterocycles. The number of rotatable bonds is 5. The molecule has 0 aliphatic carbocycles. The molecule has 4 heteroatoms. The Morgan fingerprint density at radius 3 is 2.77 bits per heavy atom. The molecule has 0 bridgehead atoms. The molecular formula is C18H18N2O2. The Labute approximate surface area is 130 Å². The maximum atomic E-state index is 12.2. The van der Waals surface area contributed by atoms with E-state index >= 15 is 0 Å². The summed E-state index contributed by atoms with van der Waals surface area (Å²) in [5.41, 5.74) is 3.08. The Bertz CT molecular complexity index is 717. The topological polar surface area (TPSA) is 62.1 Å². The van der Waals surface area contributed by atoms with Crippen LogP contribution in [0.25, 0.3) is 0 Å². The second-order valence-electron chi connectivity index (χ2n) is 4.88. The molecule has 0 saturated heterocycles. The SMILES string of the molecule is CCc1ccc(OC)c(CNC(=O)c2cccc(C#N)c2)c1. The maximum Gasteiger partial charge on any atom is 0.251 e. The summed E-state index contributed by atoms with van der Waals surface area (Å²) in [5, 5.41) is 11.7. The third kappa shape index (κ3) is 3.64. The number of aryl methyl sites for hydroxylation is 1. The van der Waals surface area contributed by atoms with Crippen LogP contribution in [-0.4, -0.2) is 13.0 Å². The van der Waals surface area contributed by atoms with E-state index < -0.39 is 0 Å². The molecule has 2 aromatic carbocycles. The number of hydrogen-bond donors (Lipinski definition) is 1.